The van der Waals surface area contributed by atoms with Gasteiger partial charge >= 0.3 is 0 Å². The van der Waals surface area contributed by atoms with Crippen molar-refractivity contribution in [2.45, 2.75) is 71.1 Å². The summed E-state index contributed by atoms with van der Waals surface area (Å²) in [6, 6.07) is 0. The van der Waals surface area contributed by atoms with E-state index in [-0.39, 0.29) is 12.5 Å². The molecule has 0 aromatic heterocycles. The second-order valence-corrected chi connectivity index (χ2v) is 5.96. The van der Waals surface area contributed by atoms with Crippen molar-refractivity contribution in [3.8, 4) is 0 Å². The summed E-state index contributed by atoms with van der Waals surface area (Å²) >= 11 is 0. The molecule has 2 atom stereocenters. The van der Waals surface area contributed by atoms with Gasteiger partial charge in [-0.15, -0.1) is 0 Å². The third-order valence-corrected chi connectivity index (χ3v) is 4.37. The predicted molar refractivity (Wildman–Crippen MR) is 78.9 cm³/mol. The predicted octanol–water partition coefficient (Wildman–Crippen LogP) is 3.26. The number of hydrogen-bond donors (Lipinski definition) is 2. The number of hydrogen-bond acceptors (Lipinski definition) is 2. The Morgan fingerprint density at radius 1 is 1.11 bits per heavy atom. The monoisotopic (exact) mass is 269 g/mol. The van der Waals surface area contributed by atoms with Crippen LogP contribution in [0.2, 0.25) is 0 Å². The molecule has 0 aliphatic heterocycles. The molecule has 0 aromatic carbocycles. The standard InChI is InChI=1S/C16H31NO2/c1-2-3-4-5-6-11-16(19)17-12-14-9-7-8-10-15(14)13-18/h14-15,18H,2-13H2,1H3,(H,17,19). The minimum atomic E-state index is 0.193. The minimum absolute atomic E-state index is 0.193. The minimum Gasteiger partial charge on any atom is -0.396 e. The van der Waals surface area contributed by atoms with Crippen molar-refractivity contribution in [1.82, 2.24) is 5.32 Å². The molecule has 2 N–H and O–H groups in total. The van der Waals surface area contributed by atoms with Crippen LogP contribution in [0.15, 0.2) is 0 Å². The number of nitrogens with one attached hydrogen (secondary N) is 1. The van der Waals surface area contributed by atoms with Crippen molar-refractivity contribution < 1.29 is 9.90 Å². The summed E-state index contributed by atoms with van der Waals surface area (Å²) < 4.78 is 0. The molecule has 1 rings (SSSR count). The van der Waals surface area contributed by atoms with Crippen LogP contribution < -0.4 is 5.32 Å². The Kier molecular flexibility index (Phi) is 8.89. The van der Waals surface area contributed by atoms with Crippen molar-refractivity contribution in [1.29, 1.82) is 0 Å². The van der Waals surface area contributed by atoms with Crippen LogP contribution in [0.5, 0.6) is 0 Å². The second kappa shape index (κ2) is 10.2. The van der Waals surface area contributed by atoms with Crippen LogP contribution in [-0.2, 0) is 4.79 Å². The van der Waals surface area contributed by atoms with Crippen LogP contribution in [0.4, 0.5) is 0 Å². The van der Waals surface area contributed by atoms with E-state index in [0.29, 0.717) is 18.3 Å². The molecular weight excluding hydrogens is 238 g/mol. The second-order valence-electron chi connectivity index (χ2n) is 5.96. The molecule has 1 aliphatic carbocycles. The summed E-state index contributed by atoms with van der Waals surface area (Å²) in [5.74, 6) is 1.08. The van der Waals surface area contributed by atoms with E-state index in [1.54, 1.807) is 0 Å². The van der Waals surface area contributed by atoms with Crippen molar-refractivity contribution in [3.05, 3.63) is 0 Å². The topological polar surface area (TPSA) is 49.3 Å². The lowest BCUT2D eigenvalue weighted by Gasteiger charge is -2.30. The SMILES string of the molecule is CCCCCCCC(=O)NCC1CCCCC1CO. The lowest BCUT2D eigenvalue weighted by Crippen LogP contribution is -2.35. The van der Waals surface area contributed by atoms with Crippen LogP contribution in [0, 0.1) is 11.8 Å². The van der Waals surface area contributed by atoms with E-state index in [1.807, 2.05) is 0 Å². The first-order valence-corrected chi connectivity index (χ1v) is 8.15. The zero-order valence-electron chi connectivity index (χ0n) is 12.5. The molecule has 0 spiro atoms. The molecular formula is C16H31NO2. The van der Waals surface area contributed by atoms with Crippen molar-refractivity contribution in [3.63, 3.8) is 0 Å². The number of aliphatic hydroxyl groups is 1. The smallest absolute Gasteiger partial charge is 0.220 e. The van der Waals surface area contributed by atoms with Crippen LogP contribution in [0.3, 0.4) is 0 Å². The van der Waals surface area contributed by atoms with E-state index in [1.165, 1.54) is 38.5 Å². The Morgan fingerprint density at radius 2 is 1.79 bits per heavy atom. The highest BCUT2D eigenvalue weighted by atomic mass is 16.3. The fourth-order valence-electron chi connectivity index (χ4n) is 3.02. The van der Waals surface area contributed by atoms with Gasteiger partial charge in [0.05, 0.1) is 0 Å². The molecule has 1 saturated carbocycles. The van der Waals surface area contributed by atoms with E-state index in [2.05, 4.69) is 12.2 Å². The molecule has 3 nitrogen and oxygen atoms in total. The normalized spacial score (nSPS) is 23.3. The van der Waals surface area contributed by atoms with Crippen LogP contribution >= 0.6 is 0 Å². The molecule has 0 aromatic rings. The molecule has 1 amide bonds. The van der Waals surface area contributed by atoms with E-state index in [9.17, 15) is 9.90 Å². The fraction of sp³-hybridized carbons (Fsp3) is 0.938. The first kappa shape index (κ1) is 16.5. The first-order chi connectivity index (χ1) is 9.27. The molecule has 2 unspecified atom stereocenters. The molecule has 0 saturated heterocycles. The van der Waals surface area contributed by atoms with Crippen LogP contribution in [0.25, 0.3) is 0 Å². The average Bonchev–Trinajstić information content (AvgIpc) is 2.45. The quantitative estimate of drug-likeness (QED) is 0.631. The Hall–Kier alpha value is -0.570. The lowest BCUT2D eigenvalue weighted by atomic mass is 9.79. The Balaban J connectivity index is 2.08. The van der Waals surface area contributed by atoms with Gasteiger partial charge in [-0.05, 0) is 31.1 Å². The van der Waals surface area contributed by atoms with Gasteiger partial charge in [0.1, 0.15) is 0 Å². The largest absolute Gasteiger partial charge is 0.396 e. The summed E-state index contributed by atoms with van der Waals surface area (Å²) in [6.07, 6.45) is 11.4. The maximum absolute atomic E-state index is 11.7. The molecule has 1 aliphatic rings. The number of carbonyl (C=O) groups excluding carboxylic acids is 1. The number of aliphatic hydroxyl groups excluding tert-OH is 1. The van der Waals surface area contributed by atoms with Crippen molar-refractivity contribution in [2.75, 3.05) is 13.2 Å². The summed E-state index contributed by atoms with van der Waals surface area (Å²) in [5.41, 5.74) is 0. The highest BCUT2D eigenvalue weighted by molar-refractivity contribution is 5.75. The Morgan fingerprint density at radius 3 is 2.47 bits per heavy atom. The van der Waals surface area contributed by atoms with Crippen molar-refractivity contribution >= 4 is 5.91 Å². The third kappa shape index (κ3) is 6.95. The number of rotatable bonds is 9. The number of carbonyl (C=O) groups is 1. The van der Waals surface area contributed by atoms with E-state index >= 15 is 0 Å². The maximum Gasteiger partial charge on any atom is 0.220 e. The molecule has 0 bridgehead atoms. The molecule has 0 radical (unpaired) electrons. The van der Waals surface area contributed by atoms with E-state index in [0.717, 1.165) is 25.8 Å². The maximum atomic E-state index is 11.7. The van der Waals surface area contributed by atoms with Gasteiger partial charge in [-0.2, -0.15) is 0 Å². The third-order valence-electron chi connectivity index (χ3n) is 4.37. The molecule has 112 valence electrons. The molecule has 1 fully saturated rings. The summed E-state index contributed by atoms with van der Waals surface area (Å²) in [6.45, 7) is 3.24. The number of unbranched alkanes of at least 4 members (excludes halogenated alkanes) is 4. The van der Waals surface area contributed by atoms with Crippen molar-refractivity contribution in [2.24, 2.45) is 11.8 Å². The van der Waals surface area contributed by atoms with Gasteiger partial charge in [0.2, 0.25) is 5.91 Å². The first-order valence-electron chi connectivity index (χ1n) is 8.15. The highest BCUT2D eigenvalue weighted by Crippen LogP contribution is 2.29. The zero-order chi connectivity index (χ0) is 13.9. The molecule has 19 heavy (non-hydrogen) atoms. The Labute approximate surface area is 118 Å². The van der Waals surface area contributed by atoms with E-state index < -0.39 is 0 Å². The van der Waals surface area contributed by atoms with Gasteiger partial charge in [0.15, 0.2) is 0 Å². The van der Waals surface area contributed by atoms with Gasteiger partial charge < -0.3 is 10.4 Å². The summed E-state index contributed by atoms with van der Waals surface area (Å²) in [5, 5.41) is 12.4. The highest BCUT2D eigenvalue weighted by Gasteiger charge is 2.24. The van der Waals surface area contributed by atoms with Gasteiger partial charge in [-0.3, -0.25) is 4.79 Å². The average molecular weight is 269 g/mol. The summed E-state index contributed by atoms with van der Waals surface area (Å²) in [4.78, 5) is 11.7. The zero-order valence-corrected chi connectivity index (χ0v) is 12.5. The Bertz CT molecular complexity index is 243. The molecule has 0 heterocycles. The van der Waals surface area contributed by atoms with Gasteiger partial charge in [0, 0.05) is 19.6 Å². The fourth-order valence-corrected chi connectivity index (χ4v) is 3.02. The van der Waals surface area contributed by atoms with Gasteiger partial charge in [0.25, 0.3) is 0 Å². The lowest BCUT2D eigenvalue weighted by molar-refractivity contribution is -0.121. The number of amides is 1. The van der Waals surface area contributed by atoms with Gasteiger partial charge in [-0.1, -0.05) is 45.4 Å². The summed E-state index contributed by atoms with van der Waals surface area (Å²) in [7, 11) is 0. The van der Waals surface area contributed by atoms with Crippen LogP contribution in [-0.4, -0.2) is 24.2 Å². The van der Waals surface area contributed by atoms with E-state index in [4.69, 9.17) is 0 Å². The van der Waals surface area contributed by atoms with Gasteiger partial charge in [-0.25, -0.2) is 0 Å². The molecule has 3 heteroatoms. The van der Waals surface area contributed by atoms with Crippen LogP contribution in [0.1, 0.15) is 71.1 Å².